The molecule has 0 spiro atoms. The molecule has 0 saturated carbocycles. The number of nitrogens with zero attached hydrogens (tertiary/aromatic N) is 3. The first-order chi connectivity index (χ1) is 13.5. The van der Waals surface area contributed by atoms with E-state index in [1.165, 1.54) is 12.1 Å². The molecule has 142 valence electrons. The summed E-state index contributed by atoms with van der Waals surface area (Å²) in [6.07, 6.45) is 3.77. The van der Waals surface area contributed by atoms with Crippen LogP contribution >= 0.6 is 0 Å². The Morgan fingerprint density at radius 2 is 2.04 bits per heavy atom. The molecule has 3 heterocycles. The maximum Gasteiger partial charge on any atom is 0.326 e. The zero-order valence-corrected chi connectivity index (χ0v) is 15.2. The first kappa shape index (κ1) is 17.5. The van der Waals surface area contributed by atoms with E-state index < -0.39 is 5.82 Å². The number of rotatable bonds is 5. The van der Waals surface area contributed by atoms with Crippen molar-refractivity contribution >= 4 is 34.4 Å². The van der Waals surface area contributed by atoms with E-state index >= 15 is 0 Å². The fraction of sp³-hybridized carbons (Fsp3) is 0.105. The van der Waals surface area contributed by atoms with Crippen LogP contribution in [-0.4, -0.2) is 25.1 Å². The van der Waals surface area contributed by atoms with Crippen molar-refractivity contribution in [3.05, 3.63) is 53.6 Å². The molecule has 0 aliphatic carbocycles. The van der Waals surface area contributed by atoms with Crippen LogP contribution in [0.4, 0.5) is 21.8 Å². The number of hydrogen-bond donors (Lipinski definition) is 4. The number of nitrogens with one attached hydrogen (secondary N) is 3. The van der Waals surface area contributed by atoms with Crippen molar-refractivity contribution in [2.24, 2.45) is 0 Å². The number of halogens is 1. The average Bonchev–Trinajstić information content (AvgIpc) is 3.23. The molecule has 0 saturated heterocycles. The van der Waals surface area contributed by atoms with Gasteiger partial charge in [0.25, 0.3) is 0 Å². The Labute approximate surface area is 159 Å². The maximum atomic E-state index is 14.7. The van der Waals surface area contributed by atoms with E-state index in [0.29, 0.717) is 22.5 Å². The van der Waals surface area contributed by atoms with Crippen LogP contribution in [0.1, 0.15) is 18.3 Å². The normalized spacial score (nSPS) is 11.4. The lowest BCUT2D eigenvalue weighted by molar-refractivity contribution is 0.415. The molecule has 0 fully saturated rings. The lowest BCUT2D eigenvalue weighted by atomic mass is 10.2. The number of aryl methyl sites for hydroxylation is 1. The lowest BCUT2D eigenvalue weighted by Crippen LogP contribution is -2.02. The van der Waals surface area contributed by atoms with Gasteiger partial charge in [-0.1, -0.05) is 6.08 Å². The number of aromatic amines is 2. The molecule has 0 radical (unpaired) electrons. The smallest absolute Gasteiger partial charge is 0.326 e. The van der Waals surface area contributed by atoms with Crippen LogP contribution in [0.5, 0.6) is 11.8 Å². The summed E-state index contributed by atoms with van der Waals surface area (Å²) in [5.41, 5.74) is 8.22. The third-order valence-electron chi connectivity index (χ3n) is 3.96. The van der Waals surface area contributed by atoms with Crippen LogP contribution in [0.15, 0.2) is 36.4 Å². The second kappa shape index (κ2) is 7.03. The predicted octanol–water partition coefficient (Wildman–Crippen LogP) is 4.28. The summed E-state index contributed by atoms with van der Waals surface area (Å²) in [6.45, 7) is 3.77. The predicted molar refractivity (Wildman–Crippen MR) is 106 cm³/mol. The van der Waals surface area contributed by atoms with Gasteiger partial charge < -0.3 is 20.8 Å². The second-order valence-corrected chi connectivity index (χ2v) is 6.19. The van der Waals surface area contributed by atoms with Crippen molar-refractivity contribution in [2.75, 3.05) is 11.1 Å². The summed E-state index contributed by atoms with van der Waals surface area (Å²) in [7, 11) is 0. The fourth-order valence-electron chi connectivity index (χ4n) is 2.81. The fourth-order valence-corrected chi connectivity index (χ4v) is 2.81. The summed E-state index contributed by atoms with van der Waals surface area (Å²) < 4.78 is 20.3. The van der Waals surface area contributed by atoms with Crippen LogP contribution in [0.25, 0.3) is 17.0 Å². The second-order valence-electron chi connectivity index (χ2n) is 6.19. The van der Waals surface area contributed by atoms with E-state index in [2.05, 4.69) is 30.5 Å². The van der Waals surface area contributed by atoms with Gasteiger partial charge >= 0.3 is 6.01 Å². The summed E-state index contributed by atoms with van der Waals surface area (Å²) >= 11 is 0. The van der Waals surface area contributed by atoms with Gasteiger partial charge in [0.05, 0.1) is 5.69 Å². The minimum Gasteiger partial charge on any atom is -0.421 e. The molecular weight excluding hydrogens is 361 g/mol. The molecule has 5 N–H and O–H groups in total. The highest BCUT2D eigenvalue weighted by molar-refractivity contribution is 5.82. The molecule has 28 heavy (non-hydrogen) atoms. The van der Waals surface area contributed by atoms with Crippen LogP contribution in [0.3, 0.4) is 0 Å². The monoisotopic (exact) mass is 379 g/mol. The highest BCUT2D eigenvalue weighted by Crippen LogP contribution is 2.30. The van der Waals surface area contributed by atoms with Gasteiger partial charge in [0.2, 0.25) is 0 Å². The SMILES string of the molecule is C/C=C/c1cc(Nc2cc(N)nc(Oc3ccc4[nH]c(C)cc4c3F)n2)n[nH]1. The van der Waals surface area contributed by atoms with Gasteiger partial charge in [-0.15, -0.1) is 0 Å². The number of benzene rings is 1. The van der Waals surface area contributed by atoms with Crippen LogP contribution in [-0.2, 0) is 0 Å². The van der Waals surface area contributed by atoms with Gasteiger partial charge in [-0.05, 0) is 38.1 Å². The van der Waals surface area contributed by atoms with Crippen molar-refractivity contribution in [3.8, 4) is 11.8 Å². The molecule has 0 bridgehead atoms. The number of ether oxygens (including phenoxy) is 1. The maximum absolute atomic E-state index is 14.7. The van der Waals surface area contributed by atoms with E-state index in [0.717, 1.165) is 11.4 Å². The number of anilines is 3. The van der Waals surface area contributed by atoms with Crippen molar-refractivity contribution in [3.63, 3.8) is 0 Å². The Hall–Kier alpha value is -3.88. The average molecular weight is 379 g/mol. The van der Waals surface area contributed by atoms with E-state index in [1.54, 1.807) is 18.2 Å². The van der Waals surface area contributed by atoms with Gasteiger partial charge in [0.1, 0.15) is 11.6 Å². The zero-order valence-electron chi connectivity index (χ0n) is 15.2. The van der Waals surface area contributed by atoms with Crippen LogP contribution in [0.2, 0.25) is 0 Å². The molecule has 0 aliphatic rings. The highest BCUT2D eigenvalue weighted by atomic mass is 19.1. The quantitative estimate of drug-likeness (QED) is 0.411. The molecule has 4 aromatic rings. The van der Waals surface area contributed by atoms with E-state index in [9.17, 15) is 4.39 Å². The van der Waals surface area contributed by atoms with Crippen LogP contribution < -0.4 is 15.8 Å². The molecule has 0 atom stereocenters. The molecule has 4 rings (SSSR count). The van der Waals surface area contributed by atoms with Gasteiger partial charge in [0, 0.05) is 28.7 Å². The number of allylic oxidation sites excluding steroid dienone is 1. The Kier molecular flexibility index (Phi) is 4.40. The highest BCUT2D eigenvalue weighted by Gasteiger charge is 2.14. The number of nitrogens with two attached hydrogens (primary N) is 1. The number of aromatic nitrogens is 5. The number of H-pyrrole nitrogens is 2. The van der Waals surface area contributed by atoms with Gasteiger partial charge in [-0.2, -0.15) is 15.1 Å². The molecule has 9 heteroatoms. The molecule has 0 aliphatic heterocycles. The molecule has 1 aromatic carbocycles. The van der Waals surface area contributed by atoms with Crippen molar-refractivity contribution in [1.29, 1.82) is 0 Å². The third-order valence-corrected chi connectivity index (χ3v) is 3.96. The molecule has 0 unspecified atom stereocenters. The van der Waals surface area contributed by atoms with Crippen LogP contribution in [0, 0.1) is 12.7 Å². The summed E-state index contributed by atoms with van der Waals surface area (Å²) in [6, 6.07) is 8.23. The van der Waals surface area contributed by atoms with Gasteiger partial charge in [-0.3, -0.25) is 5.10 Å². The topological polar surface area (TPSA) is 118 Å². The molecule has 8 nitrogen and oxygen atoms in total. The Bertz CT molecular complexity index is 1180. The number of nitrogen functional groups attached to an aromatic ring is 1. The lowest BCUT2D eigenvalue weighted by Gasteiger charge is -2.08. The Balaban J connectivity index is 1.61. The summed E-state index contributed by atoms with van der Waals surface area (Å²) in [5, 5.41) is 10.4. The largest absolute Gasteiger partial charge is 0.421 e. The summed E-state index contributed by atoms with van der Waals surface area (Å²) in [5.74, 6) is 0.618. The molecule has 3 aromatic heterocycles. The standard InChI is InChI=1S/C19H18FN7O/c1-3-4-11-8-17(27-26-11)24-16-9-15(21)23-19(25-16)28-14-6-5-13-12(18(14)20)7-10(2)22-13/h3-9,22H,1-2H3,(H4,21,23,24,25,26,27)/b4-3+. The number of hydrogen-bond acceptors (Lipinski definition) is 6. The van der Waals surface area contributed by atoms with Gasteiger partial charge in [0.15, 0.2) is 17.4 Å². The van der Waals surface area contributed by atoms with E-state index in [4.69, 9.17) is 10.5 Å². The first-order valence-electron chi connectivity index (χ1n) is 8.57. The van der Waals surface area contributed by atoms with Crippen molar-refractivity contribution < 1.29 is 9.13 Å². The summed E-state index contributed by atoms with van der Waals surface area (Å²) in [4.78, 5) is 11.3. The zero-order chi connectivity index (χ0) is 19.7. The number of fused-ring (bicyclic) bond motifs is 1. The van der Waals surface area contributed by atoms with Crippen molar-refractivity contribution in [2.45, 2.75) is 13.8 Å². The Morgan fingerprint density at radius 3 is 2.86 bits per heavy atom. The first-order valence-corrected chi connectivity index (χ1v) is 8.57. The van der Waals surface area contributed by atoms with E-state index in [-0.39, 0.29) is 17.6 Å². The van der Waals surface area contributed by atoms with E-state index in [1.807, 2.05) is 26.0 Å². The van der Waals surface area contributed by atoms with Gasteiger partial charge in [-0.25, -0.2) is 4.39 Å². The minimum absolute atomic E-state index is 0.0122. The third kappa shape index (κ3) is 3.50. The van der Waals surface area contributed by atoms with Crippen molar-refractivity contribution in [1.82, 2.24) is 25.1 Å². The molecular formula is C19H18FN7O. The Morgan fingerprint density at radius 1 is 1.18 bits per heavy atom. The molecule has 0 amide bonds. The minimum atomic E-state index is -0.495.